The molecule has 0 heterocycles. The monoisotopic (exact) mass is 142 g/mol. The highest BCUT2D eigenvalue weighted by molar-refractivity contribution is 4.76. The van der Waals surface area contributed by atoms with Gasteiger partial charge >= 0.3 is 0 Å². The van der Waals surface area contributed by atoms with E-state index in [2.05, 4.69) is 18.9 Å². The lowest BCUT2D eigenvalue weighted by atomic mass is 10.3. The highest BCUT2D eigenvalue weighted by Gasteiger charge is 2.22. The predicted molar refractivity (Wildman–Crippen MR) is 43.9 cm³/mol. The Labute approximate surface area is 63.4 Å². The van der Waals surface area contributed by atoms with E-state index in [1.165, 1.54) is 19.4 Å². The molecule has 60 valence electrons. The van der Waals surface area contributed by atoms with Gasteiger partial charge in [-0.2, -0.15) is 0 Å². The minimum atomic E-state index is 0.323. The molecular weight excluding hydrogens is 124 g/mol. The Morgan fingerprint density at radius 1 is 1.60 bits per heavy atom. The van der Waals surface area contributed by atoms with Gasteiger partial charge in [0.15, 0.2) is 0 Å². The summed E-state index contributed by atoms with van der Waals surface area (Å²) in [6, 6.07) is 0.323. The molecule has 1 saturated carbocycles. The van der Waals surface area contributed by atoms with E-state index in [-0.39, 0.29) is 0 Å². The standard InChI is InChI=1S/C8H18N2/c1-7(9)5-10(2)6-8-3-4-8/h7-8H,3-6,9H2,1-2H3/t7-/m1/s1. The van der Waals surface area contributed by atoms with E-state index in [0.29, 0.717) is 6.04 Å². The maximum Gasteiger partial charge on any atom is 0.0139 e. The van der Waals surface area contributed by atoms with Gasteiger partial charge in [0, 0.05) is 19.1 Å². The lowest BCUT2D eigenvalue weighted by molar-refractivity contribution is 0.305. The van der Waals surface area contributed by atoms with Crippen LogP contribution in [0.4, 0.5) is 0 Å². The number of nitrogens with zero attached hydrogens (tertiary/aromatic N) is 1. The van der Waals surface area contributed by atoms with Crippen molar-refractivity contribution < 1.29 is 0 Å². The molecule has 1 atom stereocenters. The third kappa shape index (κ3) is 3.18. The summed E-state index contributed by atoms with van der Waals surface area (Å²) in [6.45, 7) is 4.35. The molecule has 10 heavy (non-hydrogen) atoms. The van der Waals surface area contributed by atoms with Gasteiger partial charge in [0.1, 0.15) is 0 Å². The molecular formula is C8H18N2. The molecule has 0 aromatic carbocycles. The van der Waals surface area contributed by atoms with Gasteiger partial charge in [-0.15, -0.1) is 0 Å². The molecule has 1 rings (SSSR count). The van der Waals surface area contributed by atoms with Crippen LogP contribution in [0.5, 0.6) is 0 Å². The first-order valence-electron chi connectivity index (χ1n) is 4.12. The largest absolute Gasteiger partial charge is 0.327 e. The van der Waals surface area contributed by atoms with Crippen LogP contribution in [0, 0.1) is 5.92 Å². The van der Waals surface area contributed by atoms with Crippen molar-refractivity contribution in [1.82, 2.24) is 4.90 Å². The van der Waals surface area contributed by atoms with Gasteiger partial charge in [-0.25, -0.2) is 0 Å². The zero-order chi connectivity index (χ0) is 7.56. The molecule has 2 heteroatoms. The summed E-state index contributed by atoms with van der Waals surface area (Å²) in [5.74, 6) is 0.990. The third-order valence-corrected chi connectivity index (χ3v) is 1.87. The molecule has 2 nitrogen and oxygen atoms in total. The van der Waals surface area contributed by atoms with E-state index < -0.39 is 0 Å². The molecule has 0 amide bonds. The van der Waals surface area contributed by atoms with Crippen molar-refractivity contribution in [2.75, 3.05) is 20.1 Å². The van der Waals surface area contributed by atoms with Gasteiger partial charge in [-0.05, 0) is 32.7 Å². The van der Waals surface area contributed by atoms with Crippen molar-refractivity contribution in [3.8, 4) is 0 Å². The van der Waals surface area contributed by atoms with Crippen LogP contribution in [-0.4, -0.2) is 31.1 Å². The highest BCUT2D eigenvalue weighted by atomic mass is 15.1. The van der Waals surface area contributed by atoms with Crippen LogP contribution in [-0.2, 0) is 0 Å². The van der Waals surface area contributed by atoms with Crippen LogP contribution < -0.4 is 5.73 Å². The van der Waals surface area contributed by atoms with Crippen LogP contribution in [0.2, 0.25) is 0 Å². The zero-order valence-electron chi connectivity index (χ0n) is 7.01. The summed E-state index contributed by atoms with van der Waals surface area (Å²) in [7, 11) is 2.15. The molecule has 1 aliphatic carbocycles. The Morgan fingerprint density at radius 3 is 2.60 bits per heavy atom. The topological polar surface area (TPSA) is 29.3 Å². The second kappa shape index (κ2) is 3.35. The van der Waals surface area contributed by atoms with E-state index in [1.54, 1.807) is 0 Å². The van der Waals surface area contributed by atoms with Crippen LogP contribution in [0.1, 0.15) is 19.8 Å². The van der Waals surface area contributed by atoms with Gasteiger partial charge in [0.25, 0.3) is 0 Å². The number of hydrogen-bond acceptors (Lipinski definition) is 2. The van der Waals surface area contributed by atoms with Crippen molar-refractivity contribution in [3.05, 3.63) is 0 Å². The van der Waals surface area contributed by atoms with Crippen LogP contribution in [0.15, 0.2) is 0 Å². The molecule has 0 unspecified atom stereocenters. The molecule has 0 aromatic heterocycles. The maximum atomic E-state index is 5.65. The summed E-state index contributed by atoms with van der Waals surface area (Å²) in [4.78, 5) is 2.34. The second-order valence-corrected chi connectivity index (χ2v) is 3.64. The SMILES string of the molecule is C[C@@H](N)CN(C)CC1CC1. The Bertz CT molecular complexity index is 93.4. The highest BCUT2D eigenvalue weighted by Crippen LogP contribution is 2.29. The third-order valence-electron chi connectivity index (χ3n) is 1.87. The van der Waals surface area contributed by atoms with Crippen LogP contribution in [0.3, 0.4) is 0 Å². The second-order valence-electron chi connectivity index (χ2n) is 3.64. The number of hydrogen-bond donors (Lipinski definition) is 1. The van der Waals surface area contributed by atoms with Crippen molar-refractivity contribution in [1.29, 1.82) is 0 Å². The van der Waals surface area contributed by atoms with E-state index in [0.717, 1.165) is 12.5 Å². The minimum Gasteiger partial charge on any atom is -0.327 e. The van der Waals surface area contributed by atoms with Gasteiger partial charge in [-0.3, -0.25) is 0 Å². The van der Waals surface area contributed by atoms with E-state index >= 15 is 0 Å². The van der Waals surface area contributed by atoms with Crippen molar-refractivity contribution in [2.24, 2.45) is 11.7 Å². The van der Waals surface area contributed by atoms with Crippen molar-refractivity contribution in [2.45, 2.75) is 25.8 Å². The molecule has 1 aliphatic rings. The molecule has 0 aliphatic heterocycles. The first-order chi connectivity index (χ1) is 4.68. The average Bonchev–Trinajstić information content (AvgIpc) is 2.46. The number of likely N-dealkylation sites (N-methyl/N-ethyl adjacent to an activating group) is 1. The van der Waals surface area contributed by atoms with Crippen molar-refractivity contribution >= 4 is 0 Å². The summed E-state index contributed by atoms with van der Waals surface area (Å²) in [5, 5.41) is 0. The molecule has 0 aromatic rings. The van der Waals surface area contributed by atoms with E-state index in [1.807, 2.05) is 0 Å². The predicted octanol–water partition coefficient (Wildman–Crippen LogP) is 0.675. The summed E-state index contributed by atoms with van der Waals surface area (Å²) < 4.78 is 0. The van der Waals surface area contributed by atoms with Gasteiger partial charge in [-0.1, -0.05) is 0 Å². The molecule has 0 spiro atoms. The minimum absolute atomic E-state index is 0.323. The normalized spacial score (nSPS) is 21.6. The quantitative estimate of drug-likeness (QED) is 0.625. The molecule has 0 saturated heterocycles. The first kappa shape index (κ1) is 8.02. The van der Waals surface area contributed by atoms with Crippen LogP contribution >= 0.6 is 0 Å². The van der Waals surface area contributed by atoms with Gasteiger partial charge in [0.2, 0.25) is 0 Å². The van der Waals surface area contributed by atoms with E-state index in [9.17, 15) is 0 Å². The molecule has 0 bridgehead atoms. The fourth-order valence-electron chi connectivity index (χ4n) is 1.31. The molecule has 2 N–H and O–H groups in total. The Hall–Kier alpha value is -0.0800. The fraction of sp³-hybridized carbons (Fsp3) is 1.00. The first-order valence-corrected chi connectivity index (χ1v) is 4.12. The van der Waals surface area contributed by atoms with Gasteiger partial charge < -0.3 is 10.6 Å². The summed E-state index contributed by atoms with van der Waals surface area (Å²) >= 11 is 0. The Kier molecular flexibility index (Phi) is 2.69. The van der Waals surface area contributed by atoms with E-state index in [4.69, 9.17) is 5.73 Å². The Morgan fingerprint density at radius 2 is 2.20 bits per heavy atom. The van der Waals surface area contributed by atoms with Gasteiger partial charge in [0.05, 0.1) is 0 Å². The summed E-state index contributed by atoms with van der Waals surface area (Å²) in [5.41, 5.74) is 5.65. The lowest BCUT2D eigenvalue weighted by Crippen LogP contribution is -2.33. The smallest absolute Gasteiger partial charge is 0.0139 e. The molecule has 0 radical (unpaired) electrons. The lowest BCUT2D eigenvalue weighted by Gasteiger charge is -2.17. The maximum absolute atomic E-state index is 5.65. The Balaban J connectivity index is 2.02. The van der Waals surface area contributed by atoms with Crippen molar-refractivity contribution in [3.63, 3.8) is 0 Å². The molecule has 1 fully saturated rings. The number of rotatable bonds is 4. The zero-order valence-corrected chi connectivity index (χ0v) is 7.01. The average molecular weight is 142 g/mol. The summed E-state index contributed by atoms with van der Waals surface area (Å²) in [6.07, 6.45) is 2.87. The fourth-order valence-corrected chi connectivity index (χ4v) is 1.31. The number of nitrogens with two attached hydrogens (primary N) is 1. The van der Waals surface area contributed by atoms with Crippen LogP contribution in [0.25, 0.3) is 0 Å².